The maximum absolute atomic E-state index is 14.9. The van der Waals surface area contributed by atoms with E-state index in [4.69, 9.17) is 0 Å². The fourth-order valence-electron chi connectivity index (χ4n) is 4.48. The predicted octanol–water partition coefficient (Wildman–Crippen LogP) is 5.46. The molecule has 198 valence electrons. The van der Waals surface area contributed by atoms with Crippen LogP contribution in [0.25, 0.3) is 11.0 Å². The van der Waals surface area contributed by atoms with E-state index in [9.17, 15) is 22.8 Å². The normalized spacial score (nSPS) is 16.9. The number of pyridine rings is 1. The molecule has 1 atom stereocenters. The van der Waals surface area contributed by atoms with Gasteiger partial charge in [0.2, 0.25) is 11.9 Å². The number of carbonyl (C=O) groups is 1. The highest BCUT2D eigenvalue weighted by Gasteiger charge is 2.35. The van der Waals surface area contributed by atoms with Gasteiger partial charge in [-0.25, -0.2) is 18.2 Å². The summed E-state index contributed by atoms with van der Waals surface area (Å²) in [6, 6.07) is 6.65. The van der Waals surface area contributed by atoms with E-state index in [0.29, 0.717) is 17.8 Å². The lowest BCUT2D eigenvalue weighted by molar-refractivity contribution is -0.0399. The monoisotopic (exact) mass is 515 g/mol. The Morgan fingerprint density at radius 2 is 1.89 bits per heavy atom. The van der Waals surface area contributed by atoms with Gasteiger partial charge in [0, 0.05) is 43.1 Å². The van der Waals surface area contributed by atoms with Crippen LogP contribution >= 0.6 is 0 Å². The number of hydrogen-bond acceptors (Lipinski definition) is 5. The summed E-state index contributed by atoms with van der Waals surface area (Å²) in [6.45, 7) is 8.39. The largest absolute Gasteiger partial charge is 0.349 e. The van der Waals surface area contributed by atoms with Crippen molar-refractivity contribution < 1.29 is 18.0 Å². The summed E-state index contributed by atoms with van der Waals surface area (Å²) in [5.41, 5.74) is 0.637. The average molecular weight is 516 g/mol. The van der Waals surface area contributed by atoms with Gasteiger partial charge in [0.25, 0.3) is 11.5 Å². The summed E-state index contributed by atoms with van der Waals surface area (Å²) in [6.07, 6.45) is 1.38. The topological polar surface area (TPSA) is 88.9 Å². The second-order valence-electron chi connectivity index (χ2n) is 11.0. The number of nitrogens with zero attached hydrogens (tertiary/aromatic N) is 3. The minimum Gasteiger partial charge on any atom is -0.349 e. The number of benzene rings is 1. The smallest absolute Gasteiger partial charge is 0.254 e. The van der Waals surface area contributed by atoms with E-state index in [1.807, 2.05) is 20.8 Å². The van der Waals surface area contributed by atoms with E-state index < -0.39 is 29.7 Å². The first-order valence-electron chi connectivity index (χ1n) is 12.4. The third-order valence-corrected chi connectivity index (χ3v) is 6.49. The summed E-state index contributed by atoms with van der Waals surface area (Å²) >= 11 is 0. The number of hydrogen-bond donors (Lipinski definition) is 2. The van der Waals surface area contributed by atoms with Crippen molar-refractivity contribution in [3.05, 3.63) is 63.8 Å². The Bertz CT molecular complexity index is 1360. The second-order valence-corrected chi connectivity index (χ2v) is 11.0. The lowest BCUT2D eigenvalue weighted by atomic mass is 9.92. The average Bonchev–Trinajstić information content (AvgIpc) is 2.81. The molecular formula is C27H32F3N5O2. The minimum absolute atomic E-state index is 0.138. The van der Waals surface area contributed by atoms with E-state index in [1.165, 1.54) is 18.2 Å². The van der Waals surface area contributed by atoms with E-state index in [1.54, 1.807) is 29.8 Å². The Kier molecular flexibility index (Phi) is 7.30. The molecule has 1 unspecified atom stereocenters. The van der Waals surface area contributed by atoms with Crippen LogP contribution in [-0.2, 0) is 6.54 Å². The van der Waals surface area contributed by atoms with E-state index in [2.05, 4.69) is 20.6 Å². The maximum Gasteiger partial charge on any atom is 0.254 e. The first-order valence-corrected chi connectivity index (χ1v) is 12.4. The van der Waals surface area contributed by atoms with Crippen molar-refractivity contribution >= 4 is 22.9 Å². The summed E-state index contributed by atoms with van der Waals surface area (Å²) in [5.74, 6) is -3.74. The van der Waals surface area contributed by atoms with Crippen molar-refractivity contribution in [3.8, 4) is 0 Å². The van der Waals surface area contributed by atoms with Gasteiger partial charge in [-0.15, -0.1) is 0 Å². The Balaban J connectivity index is 1.48. The van der Waals surface area contributed by atoms with E-state index >= 15 is 0 Å². The number of carbonyl (C=O) groups excluding carboxylic acids is 1. The van der Waals surface area contributed by atoms with Crippen LogP contribution in [-0.4, -0.2) is 32.4 Å². The van der Waals surface area contributed by atoms with Gasteiger partial charge in [0.1, 0.15) is 11.5 Å². The molecule has 1 saturated carbocycles. The Hall–Kier alpha value is -3.43. The van der Waals surface area contributed by atoms with Crippen LogP contribution in [0.15, 0.2) is 41.3 Å². The van der Waals surface area contributed by atoms with Gasteiger partial charge in [-0.1, -0.05) is 26.8 Å². The molecule has 1 aromatic carbocycles. The van der Waals surface area contributed by atoms with Crippen molar-refractivity contribution in [3.63, 3.8) is 0 Å². The van der Waals surface area contributed by atoms with Crippen LogP contribution in [0.3, 0.4) is 0 Å². The van der Waals surface area contributed by atoms with Crippen LogP contribution in [0, 0.1) is 11.2 Å². The lowest BCUT2D eigenvalue weighted by Gasteiger charge is -2.28. The van der Waals surface area contributed by atoms with Gasteiger partial charge in [-0.3, -0.25) is 14.2 Å². The number of fused-ring (bicyclic) bond motifs is 1. The zero-order chi connectivity index (χ0) is 27.0. The third kappa shape index (κ3) is 6.47. The van der Waals surface area contributed by atoms with Crippen molar-refractivity contribution in [2.45, 2.75) is 77.9 Å². The van der Waals surface area contributed by atoms with Gasteiger partial charge in [0.15, 0.2) is 0 Å². The van der Waals surface area contributed by atoms with Crippen LogP contribution in [0.1, 0.15) is 75.3 Å². The number of amides is 1. The summed E-state index contributed by atoms with van der Waals surface area (Å²) in [4.78, 5) is 34.0. The lowest BCUT2D eigenvalue weighted by Crippen LogP contribution is -2.40. The molecule has 10 heteroatoms. The molecule has 2 N–H and O–H groups in total. The standard InChI is InChI=1S/C27H32F3N5O2/c1-16(32-25-31-14-18-6-8-22(36)35(23(18)34-25)15-26(2,3)4)17-5-7-20(21(28)13-17)24(37)33-19-9-11-27(29,30)12-10-19/h5-8,13-14,16,19H,9-12,15H2,1-4H3,(H,33,37)(H,31,32,34). The molecule has 4 rings (SSSR count). The van der Waals surface area contributed by atoms with Gasteiger partial charge in [-0.05, 0) is 48.9 Å². The SMILES string of the molecule is CC(Nc1ncc2ccc(=O)n(CC(C)(C)C)c2n1)c1ccc(C(=O)NC2CCC(F)(F)CC2)c(F)c1. The van der Waals surface area contributed by atoms with Crippen molar-refractivity contribution in [1.29, 1.82) is 0 Å². The number of rotatable bonds is 6. The van der Waals surface area contributed by atoms with E-state index in [0.717, 1.165) is 5.39 Å². The van der Waals surface area contributed by atoms with Crippen LogP contribution in [0.4, 0.5) is 19.1 Å². The molecule has 2 aromatic heterocycles. The van der Waals surface area contributed by atoms with Gasteiger partial charge in [-0.2, -0.15) is 4.98 Å². The van der Waals surface area contributed by atoms with Crippen LogP contribution < -0.4 is 16.2 Å². The summed E-state index contributed by atoms with van der Waals surface area (Å²) in [5, 5.41) is 6.53. The number of halogens is 3. The second kappa shape index (κ2) is 10.1. The molecule has 0 saturated heterocycles. The molecule has 3 aromatic rings. The number of anilines is 1. The predicted molar refractivity (Wildman–Crippen MR) is 136 cm³/mol. The van der Waals surface area contributed by atoms with Crippen LogP contribution in [0.2, 0.25) is 0 Å². The van der Waals surface area contributed by atoms with Crippen molar-refractivity contribution in [1.82, 2.24) is 19.9 Å². The highest BCUT2D eigenvalue weighted by molar-refractivity contribution is 5.94. The highest BCUT2D eigenvalue weighted by atomic mass is 19.3. The van der Waals surface area contributed by atoms with Gasteiger partial charge >= 0.3 is 0 Å². The third-order valence-electron chi connectivity index (χ3n) is 6.49. The van der Waals surface area contributed by atoms with E-state index in [-0.39, 0.29) is 48.2 Å². The zero-order valence-electron chi connectivity index (χ0n) is 21.4. The Morgan fingerprint density at radius 3 is 2.54 bits per heavy atom. The highest BCUT2D eigenvalue weighted by Crippen LogP contribution is 2.33. The molecular weight excluding hydrogens is 483 g/mol. The molecule has 1 amide bonds. The summed E-state index contributed by atoms with van der Waals surface area (Å²) in [7, 11) is 0. The van der Waals surface area contributed by atoms with Gasteiger partial charge < -0.3 is 10.6 Å². The zero-order valence-corrected chi connectivity index (χ0v) is 21.4. The molecule has 1 fully saturated rings. The minimum atomic E-state index is -2.70. The molecule has 1 aliphatic rings. The Labute approximate surface area is 213 Å². The van der Waals surface area contributed by atoms with Crippen molar-refractivity contribution in [2.24, 2.45) is 5.41 Å². The van der Waals surface area contributed by atoms with Gasteiger partial charge in [0.05, 0.1) is 11.6 Å². The molecule has 7 nitrogen and oxygen atoms in total. The Morgan fingerprint density at radius 1 is 1.19 bits per heavy atom. The fourth-order valence-corrected chi connectivity index (χ4v) is 4.48. The quantitative estimate of drug-likeness (QED) is 0.455. The van der Waals surface area contributed by atoms with Crippen molar-refractivity contribution in [2.75, 3.05) is 5.32 Å². The molecule has 0 aliphatic heterocycles. The molecule has 0 bridgehead atoms. The molecule has 0 radical (unpaired) electrons. The number of alkyl halides is 2. The molecule has 2 heterocycles. The number of aromatic nitrogens is 3. The first-order chi connectivity index (χ1) is 17.3. The molecule has 1 aliphatic carbocycles. The molecule has 0 spiro atoms. The number of nitrogens with one attached hydrogen (secondary N) is 2. The molecule has 37 heavy (non-hydrogen) atoms. The maximum atomic E-state index is 14.9. The van der Waals surface area contributed by atoms with Crippen LogP contribution in [0.5, 0.6) is 0 Å². The summed E-state index contributed by atoms with van der Waals surface area (Å²) < 4.78 is 43.2. The fraction of sp³-hybridized carbons (Fsp3) is 0.481. The first kappa shape index (κ1) is 26.6.